The minimum atomic E-state index is -0.460. The molecule has 0 amide bonds. The summed E-state index contributed by atoms with van der Waals surface area (Å²) in [6, 6.07) is 7.58. The van der Waals surface area contributed by atoms with Gasteiger partial charge in [-0.25, -0.2) is 0 Å². The van der Waals surface area contributed by atoms with E-state index in [9.17, 15) is 4.79 Å². The van der Waals surface area contributed by atoms with Gasteiger partial charge in [0.05, 0.1) is 0 Å². The van der Waals surface area contributed by atoms with Gasteiger partial charge in [0.2, 0.25) is 5.24 Å². The van der Waals surface area contributed by atoms with Crippen LogP contribution in [0.5, 0.6) is 0 Å². The Kier molecular flexibility index (Phi) is 3.50. The van der Waals surface area contributed by atoms with Crippen molar-refractivity contribution >= 4 is 38.8 Å². The highest BCUT2D eigenvalue weighted by molar-refractivity contribution is 9.10. The number of allylic oxidation sites excluding steroid dienone is 1. The fourth-order valence-corrected chi connectivity index (χ4v) is 1.06. The first-order valence-corrected chi connectivity index (χ1v) is 4.49. The molecule has 0 aliphatic heterocycles. The Balaban J connectivity index is 2.77. The van der Waals surface area contributed by atoms with Crippen LogP contribution < -0.4 is 0 Å². The molecule has 0 aliphatic rings. The van der Waals surface area contributed by atoms with Gasteiger partial charge in [-0.15, -0.1) is 0 Å². The van der Waals surface area contributed by atoms with Crippen LogP contribution in [-0.2, 0) is 4.79 Å². The van der Waals surface area contributed by atoms with Crippen molar-refractivity contribution < 1.29 is 4.79 Å². The van der Waals surface area contributed by atoms with Crippen molar-refractivity contribution in [1.82, 2.24) is 0 Å². The predicted octanol–water partition coefficient (Wildman–Crippen LogP) is 3.23. The van der Waals surface area contributed by atoms with Gasteiger partial charge in [-0.2, -0.15) is 0 Å². The summed E-state index contributed by atoms with van der Waals surface area (Å²) in [6.45, 7) is 0. The molecule has 0 heterocycles. The van der Waals surface area contributed by atoms with Crippen LogP contribution in [0.2, 0.25) is 0 Å². The fraction of sp³-hybridized carbons (Fsp3) is 0. The first kappa shape index (κ1) is 9.49. The molecule has 0 N–H and O–H groups in total. The average Bonchev–Trinajstić information content (AvgIpc) is 2.03. The summed E-state index contributed by atoms with van der Waals surface area (Å²) in [5.74, 6) is 0. The molecule has 0 saturated carbocycles. The maximum absolute atomic E-state index is 10.4. The lowest BCUT2D eigenvalue weighted by molar-refractivity contribution is -0.107. The molecule has 0 radical (unpaired) electrons. The zero-order valence-corrected chi connectivity index (χ0v) is 8.47. The lowest BCUT2D eigenvalue weighted by Crippen LogP contribution is -1.75. The molecular formula is C9H6BrClO. The molecule has 0 spiro atoms. The van der Waals surface area contributed by atoms with Crippen molar-refractivity contribution in [2.45, 2.75) is 0 Å². The van der Waals surface area contributed by atoms with E-state index in [0.717, 1.165) is 10.0 Å². The Labute approximate surface area is 84.2 Å². The Morgan fingerprint density at radius 3 is 2.42 bits per heavy atom. The Morgan fingerprint density at radius 1 is 1.33 bits per heavy atom. The number of halogens is 2. The van der Waals surface area contributed by atoms with E-state index in [1.165, 1.54) is 6.08 Å². The van der Waals surface area contributed by atoms with E-state index in [1.54, 1.807) is 6.08 Å². The number of rotatable bonds is 2. The molecule has 0 atom stereocenters. The van der Waals surface area contributed by atoms with Crippen molar-refractivity contribution in [1.29, 1.82) is 0 Å². The van der Waals surface area contributed by atoms with Gasteiger partial charge in [0.15, 0.2) is 0 Å². The third-order valence-electron chi connectivity index (χ3n) is 1.28. The highest BCUT2D eigenvalue weighted by Crippen LogP contribution is 2.11. The summed E-state index contributed by atoms with van der Waals surface area (Å²) in [6.07, 6.45) is 2.99. The normalized spacial score (nSPS) is 10.5. The fourth-order valence-electron chi connectivity index (χ4n) is 0.736. The highest BCUT2D eigenvalue weighted by atomic mass is 79.9. The average molecular weight is 246 g/mol. The summed E-state index contributed by atoms with van der Waals surface area (Å²) in [4.78, 5) is 10.4. The number of benzene rings is 1. The second-order valence-electron chi connectivity index (χ2n) is 2.19. The summed E-state index contributed by atoms with van der Waals surface area (Å²) in [5.41, 5.74) is 0.951. The molecule has 1 aromatic rings. The summed E-state index contributed by atoms with van der Waals surface area (Å²) < 4.78 is 1.01. The largest absolute Gasteiger partial charge is 0.276 e. The molecule has 0 fully saturated rings. The van der Waals surface area contributed by atoms with Crippen LogP contribution in [0.15, 0.2) is 34.8 Å². The number of carbonyl (C=O) groups excluding carboxylic acids is 1. The molecule has 0 aliphatic carbocycles. The third-order valence-corrected chi connectivity index (χ3v) is 1.93. The topological polar surface area (TPSA) is 17.1 Å². The lowest BCUT2D eigenvalue weighted by atomic mass is 10.2. The van der Waals surface area contributed by atoms with Crippen molar-refractivity contribution in [3.05, 3.63) is 40.4 Å². The minimum absolute atomic E-state index is 0.460. The maximum Gasteiger partial charge on any atom is 0.245 e. The van der Waals surface area contributed by atoms with Gasteiger partial charge in [-0.1, -0.05) is 34.1 Å². The standard InChI is InChI=1S/C9H6BrClO/c10-8-4-1-7(2-5-8)3-6-9(11)12/h1-6H/b6-3+. The second-order valence-corrected chi connectivity index (χ2v) is 3.48. The molecule has 0 aromatic heterocycles. The smallest absolute Gasteiger partial charge is 0.245 e. The summed E-state index contributed by atoms with van der Waals surface area (Å²) >= 11 is 8.43. The van der Waals surface area contributed by atoms with Crippen LogP contribution >= 0.6 is 27.5 Å². The molecule has 3 heteroatoms. The molecule has 1 aromatic carbocycles. The van der Waals surface area contributed by atoms with Crippen molar-refractivity contribution in [3.63, 3.8) is 0 Å². The molecule has 0 saturated heterocycles. The van der Waals surface area contributed by atoms with E-state index in [-0.39, 0.29) is 0 Å². The first-order valence-electron chi connectivity index (χ1n) is 3.31. The number of hydrogen-bond acceptors (Lipinski definition) is 1. The lowest BCUT2D eigenvalue weighted by Gasteiger charge is -1.91. The van der Waals surface area contributed by atoms with E-state index in [0.29, 0.717) is 0 Å². The Bertz CT molecular complexity index is 303. The van der Waals surface area contributed by atoms with Crippen LogP contribution in [0.4, 0.5) is 0 Å². The molecule has 12 heavy (non-hydrogen) atoms. The van der Waals surface area contributed by atoms with Crippen LogP contribution in [0.3, 0.4) is 0 Å². The molecule has 0 unspecified atom stereocenters. The van der Waals surface area contributed by atoms with Crippen molar-refractivity contribution in [2.24, 2.45) is 0 Å². The zero-order valence-electron chi connectivity index (χ0n) is 6.13. The SMILES string of the molecule is O=C(Cl)/C=C/c1ccc(Br)cc1. The highest BCUT2D eigenvalue weighted by Gasteiger charge is 1.88. The van der Waals surface area contributed by atoms with Crippen molar-refractivity contribution in [2.75, 3.05) is 0 Å². The summed E-state index contributed by atoms with van der Waals surface area (Å²) in [5, 5.41) is -0.460. The molecule has 0 bridgehead atoms. The van der Waals surface area contributed by atoms with Gasteiger partial charge in [0.25, 0.3) is 0 Å². The number of carbonyl (C=O) groups is 1. The van der Waals surface area contributed by atoms with Crippen molar-refractivity contribution in [3.8, 4) is 0 Å². The Hall–Kier alpha value is -0.600. The van der Waals surface area contributed by atoms with Crippen LogP contribution in [0, 0.1) is 0 Å². The second kappa shape index (κ2) is 4.43. The quantitative estimate of drug-likeness (QED) is 0.577. The Morgan fingerprint density at radius 2 is 1.92 bits per heavy atom. The predicted molar refractivity (Wildman–Crippen MR) is 54.0 cm³/mol. The van der Waals surface area contributed by atoms with E-state index in [4.69, 9.17) is 11.6 Å². The van der Waals surface area contributed by atoms with Gasteiger partial charge >= 0.3 is 0 Å². The van der Waals surface area contributed by atoms with Gasteiger partial charge < -0.3 is 0 Å². The van der Waals surface area contributed by atoms with E-state index < -0.39 is 5.24 Å². The monoisotopic (exact) mass is 244 g/mol. The van der Waals surface area contributed by atoms with Gasteiger partial charge in [-0.05, 0) is 35.4 Å². The van der Waals surface area contributed by atoms with E-state index >= 15 is 0 Å². The van der Waals surface area contributed by atoms with Crippen LogP contribution in [0.25, 0.3) is 6.08 Å². The number of hydrogen-bond donors (Lipinski definition) is 0. The minimum Gasteiger partial charge on any atom is -0.276 e. The molecule has 62 valence electrons. The van der Waals surface area contributed by atoms with Gasteiger partial charge in [0, 0.05) is 4.47 Å². The maximum atomic E-state index is 10.4. The van der Waals surface area contributed by atoms with E-state index in [1.807, 2.05) is 24.3 Å². The molecule has 1 nitrogen and oxygen atoms in total. The van der Waals surface area contributed by atoms with E-state index in [2.05, 4.69) is 15.9 Å². The summed E-state index contributed by atoms with van der Waals surface area (Å²) in [7, 11) is 0. The molecule has 1 rings (SSSR count). The van der Waals surface area contributed by atoms with Crippen LogP contribution in [0.1, 0.15) is 5.56 Å². The third kappa shape index (κ3) is 3.20. The van der Waals surface area contributed by atoms with Crippen LogP contribution in [-0.4, -0.2) is 5.24 Å². The first-order chi connectivity index (χ1) is 5.68. The molecular weight excluding hydrogens is 239 g/mol. The van der Waals surface area contributed by atoms with Gasteiger partial charge in [-0.3, -0.25) is 4.79 Å². The van der Waals surface area contributed by atoms with Gasteiger partial charge in [0.1, 0.15) is 0 Å². The zero-order chi connectivity index (χ0) is 8.97.